The van der Waals surface area contributed by atoms with Gasteiger partial charge in [0.2, 0.25) is 0 Å². The van der Waals surface area contributed by atoms with E-state index in [0.29, 0.717) is 6.04 Å². The Kier molecular flexibility index (Phi) is 3.87. The molecule has 0 saturated carbocycles. The van der Waals surface area contributed by atoms with Gasteiger partial charge < -0.3 is 9.73 Å². The van der Waals surface area contributed by atoms with Crippen LogP contribution in [-0.2, 0) is 19.9 Å². The number of hydrogen-bond acceptors (Lipinski definition) is 3. The van der Waals surface area contributed by atoms with Crippen LogP contribution in [0, 0.1) is 0 Å². The topological polar surface area (TPSA) is 43.0 Å². The van der Waals surface area contributed by atoms with Crippen LogP contribution in [0.15, 0.2) is 22.7 Å². The van der Waals surface area contributed by atoms with Crippen LogP contribution in [0.5, 0.6) is 0 Å². The maximum absolute atomic E-state index is 5.90. The Morgan fingerprint density at radius 1 is 1.44 bits per heavy atom. The van der Waals surface area contributed by atoms with Crippen molar-refractivity contribution in [2.45, 2.75) is 32.7 Å². The zero-order valence-electron chi connectivity index (χ0n) is 11.5. The molecular formula is C14H21N3O. The van der Waals surface area contributed by atoms with Gasteiger partial charge in [-0.3, -0.25) is 4.68 Å². The van der Waals surface area contributed by atoms with Crippen LogP contribution in [-0.4, -0.2) is 22.9 Å². The van der Waals surface area contributed by atoms with E-state index in [9.17, 15) is 0 Å². The van der Waals surface area contributed by atoms with Crippen molar-refractivity contribution in [2.75, 3.05) is 7.05 Å². The van der Waals surface area contributed by atoms with Crippen LogP contribution in [0.4, 0.5) is 0 Å². The monoisotopic (exact) mass is 247 g/mol. The van der Waals surface area contributed by atoms with Crippen molar-refractivity contribution in [3.05, 3.63) is 29.8 Å². The lowest BCUT2D eigenvalue weighted by molar-refractivity contribution is 0.481. The summed E-state index contributed by atoms with van der Waals surface area (Å²) in [7, 11) is 3.90. The number of aromatic nitrogens is 2. The number of aryl methyl sites for hydroxylation is 2. The molecule has 18 heavy (non-hydrogen) atoms. The Balaban J connectivity index is 2.23. The highest BCUT2D eigenvalue weighted by Crippen LogP contribution is 2.25. The second kappa shape index (κ2) is 5.40. The minimum Gasteiger partial charge on any atom is -0.461 e. The number of nitrogens with one attached hydrogen (secondary N) is 1. The van der Waals surface area contributed by atoms with Gasteiger partial charge in [0.1, 0.15) is 11.5 Å². The molecule has 0 bridgehead atoms. The Labute approximate surface area is 108 Å². The van der Waals surface area contributed by atoms with Crippen LogP contribution >= 0.6 is 0 Å². The van der Waals surface area contributed by atoms with E-state index in [-0.39, 0.29) is 0 Å². The van der Waals surface area contributed by atoms with Crippen LogP contribution in [0.25, 0.3) is 11.3 Å². The highest BCUT2D eigenvalue weighted by atomic mass is 16.3. The molecule has 0 radical (unpaired) electrons. The second-order valence-corrected chi connectivity index (χ2v) is 4.68. The quantitative estimate of drug-likeness (QED) is 0.882. The molecule has 4 nitrogen and oxygen atoms in total. The van der Waals surface area contributed by atoms with Crippen LogP contribution in [0.2, 0.25) is 0 Å². The fourth-order valence-corrected chi connectivity index (χ4v) is 2.04. The molecular weight excluding hydrogens is 226 g/mol. The Morgan fingerprint density at radius 3 is 2.89 bits per heavy atom. The number of likely N-dealkylation sites (N-methyl/N-ethyl adjacent to an activating group) is 1. The molecule has 0 amide bonds. The third-order valence-corrected chi connectivity index (χ3v) is 3.17. The molecule has 1 unspecified atom stereocenters. The summed E-state index contributed by atoms with van der Waals surface area (Å²) in [5, 5.41) is 7.65. The molecule has 0 saturated heterocycles. The summed E-state index contributed by atoms with van der Waals surface area (Å²) in [5.41, 5.74) is 2.18. The first-order chi connectivity index (χ1) is 8.63. The van der Waals surface area contributed by atoms with Crippen molar-refractivity contribution in [2.24, 2.45) is 7.05 Å². The summed E-state index contributed by atoms with van der Waals surface area (Å²) >= 11 is 0. The highest BCUT2D eigenvalue weighted by Gasteiger charge is 2.13. The molecule has 0 fully saturated rings. The summed E-state index contributed by atoms with van der Waals surface area (Å²) in [4.78, 5) is 0. The van der Waals surface area contributed by atoms with Gasteiger partial charge in [-0.15, -0.1) is 0 Å². The molecule has 0 aliphatic rings. The van der Waals surface area contributed by atoms with Crippen molar-refractivity contribution < 1.29 is 4.42 Å². The zero-order valence-corrected chi connectivity index (χ0v) is 11.5. The molecule has 2 aromatic rings. The van der Waals surface area contributed by atoms with Crippen LogP contribution in [0.1, 0.15) is 25.3 Å². The average Bonchev–Trinajstić information content (AvgIpc) is 2.95. The normalized spacial score (nSPS) is 12.9. The summed E-state index contributed by atoms with van der Waals surface area (Å²) in [6.45, 7) is 4.25. The largest absolute Gasteiger partial charge is 0.461 e. The molecule has 2 rings (SSSR count). The van der Waals surface area contributed by atoms with E-state index in [1.54, 1.807) is 0 Å². The van der Waals surface area contributed by atoms with Crippen molar-refractivity contribution >= 4 is 0 Å². The molecule has 4 heteroatoms. The number of hydrogen-bond donors (Lipinski definition) is 1. The first-order valence-corrected chi connectivity index (χ1v) is 6.43. The lowest BCUT2D eigenvalue weighted by Gasteiger charge is -2.06. The van der Waals surface area contributed by atoms with Crippen LogP contribution in [0.3, 0.4) is 0 Å². The second-order valence-electron chi connectivity index (χ2n) is 4.68. The Bertz CT molecular complexity index is 513. The van der Waals surface area contributed by atoms with Gasteiger partial charge in [0.05, 0.1) is 11.3 Å². The minimum atomic E-state index is 0.420. The Morgan fingerprint density at radius 2 is 2.22 bits per heavy atom. The predicted octanol–water partition coefficient (Wildman–Crippen LogP) is 2.39. The van der Waals surface area contributed by atoms with Gasteiger partial charge in [-0.2, -0.15) is 5.10 Å². The fraction of sp³-hybridized carbons (Fsp3) is 0.500. The lowest BCUT2D eigenvalue weighted by Crippen LogP contribution is -2.23. The SMILES string of the molecule is CCc1nn(C)cc1-c1ccc(CC(C)NC)o1. The van der Waals surface area contributed by atoms with Gasteiger partial charge in [-0.25, -0.2) is 0 Å². The summed E-state index contributed by atoms with van der Waals surface area (Å²) in [6.07, 6.45) is 3.83. The van der Waals surface area contributed by atoms with Crippen molar-refractivity contribution in [1.82, 2.24) is 15.1 Å². The zero-order chi connectivity index (χ0) is 13.1. The van der Waals surface area contributed by atoms with Gasteiger partial charge in [0, 0.05) is 25.7 Å². The molecule has 2 heterocycles. The minimum absolute atomic E-state index is 0.420. The van der Waals surface area contributed by atoms with E-state index in [4.69, 9.17) is 4.42 Å². The molecule has 1 N–H and O–H groups in total. The predicted molar refractivity (Wildman–Crippen MR) is 72.5 cm³/mol. The third-order valence-electron chi connectivity index (χ3n) is 3.17. The third kappa shape index (κ3) is 2.64. The van der Waals surface area contributed by atoms with E-state index >= 15 is 0 Å². The fourth-order valence-electron chi connectivity index (χ4n) is 2.04. The van der Waals surface area contributed by atoms with Gasteiger partial charge >= 0.3 is 0 Å². The lowest BCUT2D eigenvalue weighted by atomic mass is 10.1. The van der Waals surface area contributed by atoms with Crippen LogP contribution < -0.4 is 5.32 Å². The standard InChI is InChI=1S/C14H21N3O/c1-5-13-12(9-17(4)16-13)14-7-6-11(18-14)8-10(2)15-3/h6-7,9-10,15H,5,8H2,1-4H3. The van der Waals surface area contributed by atoms with E-state index in [1.807, 2.05) is 31.0 Å². The highest BCUT2D eigenvalue weighted by molar-refractivity contribution is 5.59. The van der Waals surface area contributed by atoms with Gasteiger partial charge in [-0.1, -0.05) is 6.92 Å². The van der Waals surface area contributed by atoms with E-state index in [1.165, 1.54) is 0 Å². The molecule has 0 aliphatic heterocycles. The van der Waals surface area contributed by atoms with Crippen molar-refractivity contribution in [1.29, 1.82) is 0 Å². The molecule has 98 valence electrons. The van der Waals surface area contributed by atoms with Crippen molar-refractivity contribution in [3.63, 3.8) is 0 Å². The average molecular weight is 247 g/mol. The molecule has 1 atom stereocenters. The number of nitrogens with zero attached hydrogens (tertiary/aromatic N) is 2. The van der Waals surface area contributed by atoms with E-state index in [2.05, 4.69) is 30.3 Å². The molecule has 0 aromatic carbocycles. The number of furan rings is 1. The smallest absolute Gasteiger partial charge is 0.137 e. The van der Waals surface area contributed by atoms with Gasteiger partial charge in [-0.05, 0) is 32.5 Å². The summed E-state index contributed by atoms with van der Waals surface area (Å²) in [5.74, 6) is 1.93. The first-order valence-electron chi connectivity index (χ1n) is 6.43. The summed E-state index contributed by atoms with van der Waals surface area (Å²) in [6, 6.07) is 4.51. The van der Waals surface area contributed by atoms with E-state index < -0.39 is 0 Å². The van der Waals surface area contributed by atoms with Gasteiger partial charge in [0.25, 0.3) is 0 Å². The van der Waals surface area contributed by atoms with Crippen molar-refractivity contribution in [3.8, 4) is 11.3 Å². The first kappa shape index (κ1) is 12.9. The maximum atomic E-state index is 5.90. The number of rotatable bonds is 5. The van der Waals surface area contributed by atoms with E-state index in [0.717, 1.165) is 35.6 Å². The van der Waals surface area contributed by atoms with Gasteiger partial charge in [0.15, 0.2) is 0 Å². The molecule has 0 spiro atoms. The maximum Gasteiger partial charge on any atom is 0.137 e. The molecule has 2 aromatic heterocycles. The Hall–Kier alpha value is -1.55. The summed E-state index contributed by atoms with van der Waals surface area (Å²) < 4.78 is 7.74. The molecule has 0 aliphatic carbocycles.